The zero-order chi connectivity index (χ0) is 10.4. The highest BCUT2D eigenvalue weighted by Crippen LogP contribution is 2.25. The number of nitrogens with one attached hydrogen (secondary N) is 1. The standard InChI is InChI=1S/C10H15NO2S/c1-12-10-6-9(14-3)5-4-8(10)7-11-13-2/h4-6,11H,7H2,1-3H3. The van der Waals surface area contributed by atoms with Crippen LogP contribution in [0.4, 0.5) is 0 Å². The summed E-state index contributed by atoms with van der Waals surface area (Å²) in [5.74, 6) is 0.890. The van der Waals surface area contributed by atoms with Gasteiger partial charge in [0.05, 0.1) is 14.2 Å². The number of hydroxylamine groups is 1. The lowest BCUT2D eigenvalue weighted by Crippen LogP contribution is -2.11. The van der Waals surface area contributed by atoms with Gasteiger partial charge in [0, 0.05) is 17.0 Å². The molecule has 78 valence electrons. The molecule has 0 saturated heterocycles. The Balaban J connectivity index is 2.82. The van der Waals surface area contributed by atoms with Gasteiger partial charge < -0.3 is 9.57 Å². The van der Waals surface area contributed by atoms with Crippen LogP contribution in [0.3, 0.4) is 0 Å². The zero-order valence-electron chi connectivity index (χ0n) is 8.66. The number of rotatable bonds is 5. The topological polar surface area (TPSA) is 30.5 Å². The Kier molecular flexibility index (Phi) is 4.79. The molecule has 0 heterocycles. The summed E-state index contributed by atoms with van der Waals surface area (Å²) in [5.41, 5.74) is 3.88. The molecule has 0 fully saturated rings. The molecule has 0 atom stereocenters. The first-order valence-electron chi connectivity index (χ1n) is 4.28. The van der Waals surface area contributed by atoms with E-state index in [0.29, 0.717) is 6.54 Å². The molecule has 1 aromatic carbocycles. The molecule has 0 unspecified atom stereocenters. The highest BCUT2D eigenvalue weighted by Gasteiger charge is 2.03. The number of ether oxygens (including phenoxy) is 1. The second kappa shape index (κ2) is 5.90. The van der Waals surface area contributed by atoms with Gasteiger partial charge in [-0.1, -0.05) is 6.07 Å². The second-order valence-electron chi connectivity index (χ2n) is 2.70. The van der Waals surface area contributed by atoms with Crippen LogP contribution < -0.4 is 10.2 Å². The van der Waals surface area contributed by atoms with Crippen LogP contribution in [0.5, 0.6) is 5.75 Å². The predicted octanol–water partition coefficient (Wildman–Crippen LogP) is 2.07. The Morgan fingerprint density at radius 2 is 2.14 bits per heavy atom. The Hall–Kier alpha value is -0.710. The Bertz CT molecular complexity index is 291. The van der Waals surface area contributed by atoms with Crippen molar-refractivity contribution >= 4 is 11.8 Å². The van der Waals surface area contributed by atoms with Gasteiger partial charge in [-0.2, -0.15) is 5.48 Å². The molecule has 0 amide bonds. The van der Waals surface area contributed by atoms with Crippen molar-refractivity contribution in [1.82, 2.24) is 5.48 Å². The van der Waals surface area contributed by atoms with Gasteiger partial charge in [0.15, 0.2) is 0 Å². The molecule has 0 bridgehead atoms. The minimum absolute atomic E-state index is 0.647. The summed E-state index contributed by atoms with van der Waals surface area (Å²) in [4.78, 5) is 5.99. The van der Waals surface area contributed by atoms with E-state index in [2.05, 4.69) is 11.5 Å². The molecule has 3 nitrogen and oxygen atoms in total. The van der Waals surface area contributed by atoms with Crippen molar-refractivity contribution in [3.05, 3.63) is 23.8 Å². The van der Waals surface area contributed by atoms with Crippen molar-refractivity contribution in [2.45, 2.75) is 11.4 Å². The minimum Gasteiger partial charge on any atom is -0.496 e. The Morgan fingerprint density at radius 1 is 1.36 bits per heavy atom. The van der Waals surface area contributed by atoms with E-state index in [1.165, 1.54) is 4.90 Å². The third-order valence-corrected chi connectivity index (χ3v) is 2.63. The number of benzene rings is 1. The highest BCUT2D eigenvalue weighted by molar-refractivity contribution is 7.98. The van der Waals surface area contributed by atoms with Crippen LogP contribution in [0, 0.1) is 0 Å². The maximum absolute atomic E-state index is 5.28. The lowest BCUT2D eigenvalue weighted by molar-refractivity contribution is 0.0861. The molecule has 0 spiro atoms. The monoisotopic (exact) mass is 213 g/mol. The van der Waals surface area contributed by atoms with Crippen LogP contribution in [0.15, 0.2) is 23.1 Å². The summed E-state index contributed by atoms with van der Waals surface area (Å²) in [5, 5.41) is 0. The average Bonchev–Trinajstić information content (AvgIpc) is 2.26. The van der Waals surface area contributed by atoms with Crippen LogP contribution in [0.1, 0.15) is 5.56 Å². The first-order valence-corrected chi connectivity index (χ1v) is 5.51. The van der Waals surface area contributed by atoms with Crippen LogP contribution in [-0.2, 0) is 11.4 Å². The number of methoxy groups -OCH3 is 1. The smallest absolute Gasteiger partial charge is 0.124 e. The van der Waals surface area contributed by atoms with E-state index in [-0.39, 0.29) is 0 Å². The van der Waals surface area contributed by atoms with E-state index in [1.807, 2.05) is 18.4 Å². The van der Waals surface area contributed by atoms with Crippen molar-refractivity contribution in [2.24, 2.45) is 0 Å². The second-order valence-corrected chi connectivity index (χ2v) is 3.58. The molecule has 4 heteroatoms. The number of thioether (sulfide) groups is 1. The summed E-state index contributed by atoms with van der Waals surface area (Å²) in [6.07, 6.45) is 2.04. The van der Waals surface area contributed by atoms with Crippen LogP contribution in [0.2, 0.25) is 0 Å². The summed E-state index contributed by atoms with van der Waals surface area (Å²) >= 11 is 1.70. The zero-order valence-corrected chi connectivity index (χ0v) is 9.48. The normalized spacial score (nSPS) is 10.2. The van der Waals surface area contributed by atoms with E-state index >= 15 is 0 Å². The van der Waals surface area contributed by atoms with Gasteiger partial charge in [0.25, 0.3) is 0 Å². The molecule has 1 N–H and O–H groups in total. The van der Waals surface area contributed by atoms with Gasteiger partial charge in [-0.05, 0) is 18.4 Å². The predicted molar refractivity (Wildman–Crippen MR) is 58.6 cm³/mol. The number of hydrogen-bond acceptors (Lipinski definition) is 4. The molecular weight excluding hydrogens is 198 g/mol. The van der Waals surface area contributed by atoms with Crippen LogP contribution in [-0.4, -0.2) is 20.5 Å². The third kappa shape index (κ3) is 2.90. The van der Waals surface area contributed by atoms with Crippen LogP contribution in [0.25, 0.3) is 0 Å². The molecule has 0 saturated carbocycles. The van der Waals surface area contributed by atoms with Crippen molar-refractivity contribution < 1.29 is 9.57 Å². The summed E-state index contributed by atoms with van der Waals surface area (Å²) in [6, 6.07) is 6.13. The SMILES string of the molecule is CONCc1ccc(SC)cc1OC. The van der Waals surface area contributed by atoms with Gasteiger partial charge in [-0.25, -0.2) is 0 Å². The van der Waals surface area contributed by atoms with Crippen molar-refractivity contribution in [3.63, 3.8) is 0 Å². The van der Waals surface area contributed by atoms with Crippen molar-refractivity contribution in [1.29, 1.82) is 0 Å². The van der Waals surface area contributed by atoms with Gasteiger partial charge in [0.2, 0.25) is 0 Å². The first-order chi connectivity index (χ1) is 6.81. The van der Waals surface area contributed by atoms with E-state index < -0.39 is 0 Å². The quantitative estimate of drug-likeness (QED) is 0.599. The lowest BCUT2D eigenvalue weighted by atomic mass is 10.2. The van der Waals surface area contributed by atoms with E-state index in [1.54, 1.807) is 26.0 Å². The van der Waals surface area contributed by atoms with Gasteiger partial charge >= 0.3 is 0 Å². The highest BCUT2D eigenvalue weighted by atomic mass is 32.2. The van der Waals surface area contributed by atoms with E-state index in [4.69, 9.17) is 9.57 Å². The summed E-state index contributed by atoms with van der Waals surface area (Å²) in [7, 11) is 3.28. The van der Waals surface area contributed by atoms with Gasteiger partial charge in [-0.15, -0.1) is 11.8 Å². The largest absolute Gasteiger partial charge is 0.496 e. The third-order valence-electron chi connectivity index (χ3n) is 1.90. The van der Waals surface area contributed by atoms with Crippen molar-refractivity contribution in [3.8, 4) is 5.75 Å². The molecule has 1 rings (SSSR count). The Labute approximate surface area is 88.7 Å². The number of hydrogen-bond donors (Lipinski definition) is 1. The molecule has 0 aliphatic heterocycles. The first kappa shape index (κ1) is 11.4. The van der Waals surface area contributed by atoms with Gasteiger partial charge in [-0.3, -0.25) is 0 Å². The summed E-state index contributed by atoms with van der Waals surface area (Å²) < 4.78 is 5.28. The maximum Gasteiger partial charge on any atom is 0.124 e. The fraction of sp³-hybridized carbons (Fsp3) is 0.400. The molecule has 1 aromatic rings. The molecule has 0 aliphatic carbocycles. The average molecular weight is 213 g/mol. The molecular formula is C10H15NO2S. The molecule has 14 heavy (non-hydrogen) atoms. The van der Waals surface area contributed by atoms with E-state index in [9.17, 15) is 0 Å². The van der Waals surface area contributed by atoms with Gasteiger partial charge in [0.1, 0.15) is 5.75 Å². The molecule has 0 aliphatic rings. The summed E-state index contributed by atoms with van der Waals surface area (Å²) in [6.45, 7) is 0.647. The minimum atomic E-state index is 0.647. The fourth-order valence-electron chi connectivity index (χ4n) is 1.15. The lowest BCUT2D eigenvalue weighted by Gasteiger charge is -2.09. The molecule has 0 radical (unpaired) electrons. The van der Waals surface area contributed by atoms with E-state index in [0.717, 1.165) is 11.3 Å². The maximum atomic E-state index is 5.28. The Morgan fingerprint density at radius 3 is 2.71 bits per heavy atom. The fourth-order valence-corrected chi connectivity index (χ4v) is 1.58. The van der Waals surface area contributed by atoms with Crippen molar-refractivity contribution in [2.75, 3.05) is 20.5 Å². The molecule has 0 aromatic heterocycles. The van der Waals surface area contributed by atoms with Crippen LogP contribution >= 0.6 is 11.8 Å².